The number of rotatable bonds is 5. The highest BCUT2D eigenvalue weighted by Crippen LogP contribution is 2.22. The molecule has 1 aromatic rings. The van der Waals surface area contributed by atoms with Gasteiger partial charge >= 0.3 is 0 Å². The average molecular weight is 365 g/mol. The van der Waals surface area contributed by atoms with E-state index in [1.807, 2.05) is 17.5 Å². The molecule has 3 rings (SSSR count). The largest absolute Gasteiger partial charge is 0.379 e. The van der Waals surface area contributed by atoms with E-state index in [2.05, 4.69) is 17.1 Å². The summed E-state index contributed by atoms with van der Waals surface area (Å²) in [6.07, 6.45) is 2.70. The Labute approximate surface area is 153 Å². The van der Waals surface area contributed by atoms with E-state index in [-0.39, 0.29) is 23.9 Å². The number of piperidine rings is 1. The summed E-state index contributed by atoms with van der Waals surface area (Å²) >= 11 is 1.43. The van der Waals surface area contributed by atoms with Gasteiger partial charge in [0.15, 0.2) is 0 Å². The number of carbonyl (C=O) groups excluding carboxylic acids is 2. The van der Waals surface area contributed by atoms with E-state index < -0.39 is 0 Å². The van der Waals surface area contributed by atoms with E-state index in [1.54, 1.807) is 4.90 Å². The Morgan fingerprint density at radius 3 is 2.84 bits per heavy atom. The van der Waals surface area contributed by atoms with Crippen LogP contribution in [0.1, 0.15) is 35.9 Å². The molecule has 2 saturated heterocycles. The number of nitrogens with one attached hydrogen (secondary N) is 1. The quantitative estimate of drug-likeness (QED) is 0.861. The fraction of sp³-hybridized carbons (Fsp3) is 0.667. The van der Waals surface area contributed by atoms with Crippen molar-refractivity contribution >= 4 is 23.2 Å². The number of likely N-dealkylation sites (tertiary alicyclic amines) is 1. The van der Waals surface area contributed by atoms with Crippen LogP contribution in [0.5, 0.6) is 0 Å². The third-order valence-corrected chi connectivity index (χ3v) is 5.90. The summed E-state index contributed by atoms with van der Waals surface area (Å²) in [5.74, 6) is -0.0409. The SMILES string of the molecule is CC(CNC(=O)C1CCCCN1C(=O)c1cccs1)N1CCOCC1. The Kier molecular flexibility index (Phi) is 6.45. The van der Waals surface area contributed by atoms with E-state index in [9.17, 15) is 9.59 Å². The molecule has 1 aromatic heterocycles. The third kappa shape index (κ3) is 4.59. The Bertz CT molecular complexity index is 572. The van der Waals surface area contributed by atoms with Crippen LogP contribution in [-0.2, 0) is 9.53 Å². The van der Waals surface area contributed by atoms with E-state index >= 15 is 0 Å². The summed E-state index contributed by atoms with van der Waals surface area (Å²) in [6, 6.07) is 3.64. The minimum Gasteiger partial charge on any atom is -0.379 e. The molecule has 6 nitrogen and oxygen atoms in total. The van der Waals surface area contributed by atoms with Gasteiger partial charge in [-0.15, -0.1) is 11.3 Å². The van der Waals surface area contributed by atoms with Crippen LogP contribution in [0.15, 0.2) is 17.5 Å². The molecule has 3 heterocycles. The van der Waals surface area contributed by atoms with Gasteiger partial charge < -0.3 is 15.0 Å². The van der Waals surface area contributed by atoms with Gasteiger partial charge in [0, 0.05) is 32.2 Å². The topological polar surface area (TPSA) is 61.9 Å². The van der Waals surface area contributed by atoms with Crippen LogP contribution < -0.4 is 5.32 Å². The summed E-state index contributed by atoms with van der Waals surface area (Å²) in [5.41, 5.74) is 0. The number of amides is 2. The zero-order valence-corrected chi connectivity index (χ0v) is 15.6. The molecule has 2 fully saturated rings. The zero-order chi connectivity index (χ0) is 17.6. The second kappa shape index (κ2) is 8.78. The Morgan fingerprint density at radius 1 is 1.32 bits per heavy atom. The van der Waals surface area contributed by atoms with Crippen molar-refractivity contribution in [1.29, 1.82) is 0 Å². The van der Waals surface area contributed by atoms with Crippen molar-refractivity contribution in [3.63, 3.8) is 0 Å². The summed E-state index contributed by atoms with van der Waals surface area (Å²) in [5, 5.41) is 4.97. The summed E-state index contributed by atoms with van der Waals surface area (Å²) in [4.78, 5) is 30.2. The highest BCUT2D eigenvalue weighted by Gasteiger charge is 2.33. The van der Waals surface area contributed by atoms with Gasteiger partial charge in [-0.05, 0) is 37.6 Å². The summed E-state index contributed by atoms with van der Waals surface area (Å²) in [6.45, 7) is 6.71. The molecular formula is C18H27N3O3S. The van der Waals surface area contributed by atoms with Gasteiger partial charge in [0.2, 0.25) is 5.91 Å². The minimum atomic E-state index is -0.347. The molecule has 2 aliphatic rings. The minimum absolute atomic E-state index is 0.0175. The van der Waals surface area contributed by atoms with Gasteiger partial charge in [-0.25, -0.2) is 0 Å². The van der Waals surface area contributed by atoms with Gasteiger partial charge in [-0.1, -0.05) is 6.07 Å². The maximum Gasteiger partial charge on any atom is 0.264 e. The first kappa shape index (κ1) is 18.4. The molecule has 2 unspecified atom stereocenters. The van der Waals surface area contributed by atoms with Crippen molar-refractivity contribution in [2.75, 3.05) is 39.4 Å². The zero-order valence-electron chi connectivity index (χ0n) is 14.8. The molecule has 138 valence electrons. The number of hydrogen-bond acceptors (Lipinski definition) is 5. The number of ether oxygens (including phenoxy) is 1. The van der Waals surface area contributed by atoms with E-state index in [0.29, 0.717) is 18.0 Å². The fourth-order valence-corrected chi connectivity index (χ4v) is 4.18. The number of hydrogen-bond donors (Lipinski definition) is 1. The monoisotopic (exact) mass is 365 g/mol. The molecule has 2 amide bonds. The third-order valence-electron chi connectivity index (χ3n) is 5.04. The smallest absolute Gasteiger partial charge is 0.264 e. The van der Waals surface area contributed by atoms with E-state index in [4.69, 9.17) is 4.74 Å². The van der Waals surface area contributed by atoms with Crippen LogP contribution >= 0.6 is 11.3 Å². The van der Waals surface area contributed by atoms with Gasteiger partial charge in [0.25, 0.3) is 5.91 Å². The Morgan fingerprint density at radius 2 is 2.12 bits per heavy atom. The molecule has 0 saturated carbocycles. The Hall–Kier alpha value is -1.44. The van der Waals surface area contributed by atoms with Crippen molar-refractivity contribution < 1.29 is 14.3 Å². The molecule has 2 aliphatic heterocycles. The molecule has 0 aromatic carbocycles. The van der Waals surface area contributed by atoms with Crippen LogP contribution in [-0.4, -0.2) is 73.1 Å². The molecule has 7 heteroatoms. The lowest BCUT2D eigenvalue weighted by Crippen LogP contribution is -2.54. The molecule has 0 bridgehead atoms. The van der Waals surface area contributed by atoms with Crippen LogP contribution in [0.4, 0.5) is 0 Å². The highest BCUT2D eigenvalue weighted by molar-refractivity contribution is 7.12. The molecule has 2 atom stereocenters. The highest BCUT2D eigenvalue weighted by atomic mass is 32.1. The van der Waals surface area contributed by atoms with Gasteiger partial charge in [-0.2, -0.15) is 0 Å². The number of carbonyl (C=O) groups is 2. The normalized spacial score (nSPS) is 23.2. The van der Waals surface area contributed by atoms with Crippen molar-refractivity contribution in [3.8, 4) is 0 Å². The number of morpholine rings is 1. The van der Waals surface area contributed by atoms with E-state index in [1.165, 1.54) is 11.3 Å². The van der Waals surface area contributed by atoms with Crippen LogP contribution in [0.25, 0.3) is 0 Å². The summed E-state index contributed by atoms with van der Waals surface area (Å²) in [7, 11) is 0. The lowest BCUT2D eigenvalue weighted by atomic mass is 10.0. The van der Waals surface area contributed by atoms with Crippen LogP contribution in [0.2, 0.25) is 0 Å². The van der Waals surface area contributed by atoms with Crippen molar-refractivity contribution in [3.05, 3.63) is 22.4 Å². The second-order valence-electron chi connectivity index (χ2n) is 6.73. The maximum atomic E-state index is 12.7. The van der Waals surface area contributed by atoms with Crippen LogP contribution in [0, 0.1) is 0 Å². The van der Waals surface area contributed by atoms with E-state index in [0.717, 1.165) is 45.6 Å². The molecular weight excluding hydrogens is 338 g/mol. The predicted octanol–water partition coefficient (Wildman–Crippen LogP) is 1.58. The lowest BCUT2D eigenvalue weighted by Gasteiger charge is -2.36. The Balaban J connectivity index is 1.56. The molecule has 1 N–H and O–H groups in total. The number of nitrogens with zero attached hydrogens (tertiary/aromatic N) is 2. The van der Waals surface area contributed by atoms with Gasteiger partial charge in [0.1, 0.15) is 6.04 Å². The first-order chi connectivity index (χ1) is 12.2. The van der Waals surface area contributed by atoms with Gasteiger partial charge in [0.05, 0.1) is 18.1 Å². The molecule has 0 radical (unpaired) electrons. The standard InChI is InChI=1S/C18H27N3O3S/c1-14(20-8-10-24-11-9-20)13-19-17(22)15-5-2-3-7-21(15)18(23)16-6-4-12-25-16/h4,6,12,14-15H,2-3,5,7-11,13H2,1H3,(H,19,22). The van der Waals surface area contributed by atoms with Crippen molar-refractivity contribution in [2.24, 2.45) is 0 Å². The second-order valence-corrected chi connectivity index (χ2v) is 7.68. The fourth-order valence-electron chi connectivity index (χ4n) is 3.50. The van der Waals surface area contributed by atoms with Crippen LogP contribution in [0.3, 0.4) is 0 Å². The van der Waals surface area contributed by atoms with Crippen molar-refractivity contribution in [2.45, 2.75) is 38.3 Å². The predicted molar refractivity (Wildman–Crippen MR) is 97.9 cm³/mol. The van der Waals surface area contributed by atoms with Crippen molar-refractivity contribution in [1.82, 2.24) is 15.1 Å². The molecule has 0 spiro atoms. The summed E-state index contributed by atoms with van der Waals surface area (Å²) < 4.78 is 5.37. The first-order valence-electron chi connectivity index (χ1n) is 9.11. The lowest BCUT2D eigenvalue weighted by molar-refractivity contribution is -0.127. The van der Waals surface area contributed by atoms with Gasteiger partial charge in [-0.3, -0.25) is 14.5 Å². The molecule has 0 aliphatic carbocycles. The number of thiophene rings is 1. The average Bonchev–Trinajstić information content (AvgIpc) is 3.20. The first-order valence-corrected chi connectivity index (χ1v) is 9.99. The maximum absolute atomic E-state index is 12.7. The molecule has 25 heavy (non-hydrogen) atoms.